The van der Waals surface area contributed by atoms with Crippen LogP contribution in [-0.4, -0.2) is 53.3 Å². The number of carbonyl (C=O) groups excluding carboxylic acids is 3. The van der Waals surface area contributed by atoms with Crippen LogP contribution in [0.5, 0.6) is 0 Å². The number of halogens is 3. The average Bonchev–Trinajstić information content (AvgIpc) is 3.25. The second kappa shape index (κ2) is 21.7. The van der Waals surface area contributed by atoms with Crippen molar-refractivity contribution in [2.24, 2.45) is 11.5 Å². The Hall–Kier alpha value is -7.46. The molecule has 19 nitrogen and oxygen atoms in total. The Balaban J connectivity index is 0.000000215. The molecule has 67 heavy (non-hydrogen) atoms. The van der Waals surface area contributed by atoms with Crippen LogP contribution in [0.1, 0.15) is 84.0 Å². The van der Waals surface area contributed by atoms with Gasteiger partial charge in [0.25, 0.3) is 11.1 Å². The Morgan fingerprint density at radius 2 is 1.01 bits per heavy atom. The number of anilines is 2. The van der Waals surface area contributed by atoms with Crippen LogP contribution in [-0.2, 0) is 63.0 Å². The maximum absolute atomic E-state index is 14.0. The number of rotatable bonds is 8. The summed E-state index contributed by atoms with van der Waals surface area (Å²) in [5.41, 5.74) is 12.2. The molecule has 0 saturated carbocycles. The Kier molecular flexibility index (Phi) is 16.9. The molecule has 2 aliphatic heterocycles. The fraction of sp³-hybridized carbons (Fsp3) is 0.356. The number of ether oxygens (including phenoxy) is 2. The van der Waals surface area contributed by atoms with Gasteiger partial charge in [-0.05, 0) is 109 Å². The summed E-state index contributed by atoms with van der Waals surface area (Å²) < 4.78 is 52.4. The zero-order valence-corrected chi connectivity index (χ0v) is 38.4. The summed E-state index contributed by atoms with van der Waals surface area (Å²) in [7, 11) is 0. The van der Waals surface area contributed by atoms with Gasteiger partial charge >= 0.3 is 18.2 Å². The van der Waals surface area contributed by atoms with Gasteiger partial charge in [0, 0.05) is 54.2 Å². The smallest absolute Gasteiger partial charge is 0.412 e. The number of aromatic nitrogens is 5. The number of carboxylic acids is 1. The minimum absolute atomic E-state index is 0.0769. The lowest BCUT2D eigenvalue weighted by Crippen LogP contribution is -2.41. The van der Waals surface area contributed by atoms with E-state index >= 15 is 0 Å². The first-order chi connectivity index (χ1) is 31.3. The summed E-state index contributed by atoms with van der Waals surface area (Å²) in [5.74, 6) is -2.65. The lowest BCUT2D eigenvalue weighted by Gasteiger charge is -2.32. The molecule has 7 heterocycles. The van der Waals surface area contributed by atoms with Crippen molar-refractivity contribution in [3.63, 3.8) is 0 Å². The number of hydrogen-bond donors (Lipinski definition) is 6. The van der Waals surface area contributed by atoms with E-state index in [1.807, 2.05) is 0 Å². The van der Waals surface area contributed by atoms with Crippen LogP contribution < -0.4 is 38.5 Å². The van der Waals surface area contributed by atoms with Gasteiger partial charge in [0.1, 0.15) is 53.1 Å². The number of amides is 3. The van der Waals surface area contributed by atoms with Crippen LogP contribution in [0.15, 0.2) is 58.5 Å². The van der Waals surface area contributed by atoms with E-state index in [9.17, 15) is 41.9 Å². The van der Waals surface area contributed by atoms with Crippen LogP contribution in [0.2, 0.25) is 0 Å². The van der Waals surface area contributed by atoms with Crippen LogP contribution in [0.3, 0.4) is 0 Å². The van der Waals surface area contributed by atoms with Crippen molar-refractivity contribution in [2.75, 3.05) is 10.6 Å². The monoisotopic (exact) mass is 934 g/mol. The second-order valence-corrected chi connectivity index (χ2v) is 16.2. The van der Waals surface area contributed by atoms with E-state index in [1.54, 1.807) is 99.0 Å². The van der Waals surface area contributed by atoms with E-state index in [0.717, 1.165) is 4.57 Å². The number of hydrogen-bond acceptors (Lipinski definition) is 13. The summed E-state index contributed by atoms with van der Waals surface area (Å²) >= 11 is 0. The predicted octanol–water partition coefficient (Wildman–Crippen LogP) is 5.13. The fourth-order valence-electron chi connectivity index (χ4n) is 6.67. The van der Waals surface area contributed by atoms with E-state index in [4.69, 9.17) is 26.0 Å². The molecule has 2 aliphatic rings. The zero-order valence-electron chi connectivity index (χ0n) is 38.4. The molecule has 0 aromatic carbocycles. The molecule has 0 aliphatic carbocycles. The van der Waals surface area contributed by atoms with Crippen LogP contribution in [0, 0.1) is 52.1 Å². The van der Waals surface area contributed by atoms with Crippen molar-refractivity contribution in [1.29, 1.82) is 0 Å². The minimum atomic E-state index is -1.12. The highest BCUT2D eigenvalue weighted by molar-refractivity contribution is 5.89. The molecule has 0 bridgehead atoms. The van der Waals surface area contributed by atoms with Crippen molar-refractivity contribution in [3.05, 3.63) is 143 Å². The quantitative estimate of drug-likeness (QED) is 0.118. The van der Waals surface area contributed by atoms with Crippen LogP contribution >= 0.6 is 0 Å². The molecule has 0 saturated heterocycles. The average molecular weight is 935 g/mol. The third-order valence-corrected chi connectivity index (χ3v) is 10.4. The normalized spacial score (nSPS) is 13.7. The van der Waals surface area contributed by atoms with Crippen molar-refractivity contribution < 1.29 is 46.9 Å². The van der Waals surface area contributed by atoms with Crippen molar-refractivity contribution in [1.82, 2.24) is 29.4 Å². The summed E-state index contributed by atoms with van der Waals surface area (Å²) in [6.07, 6.45) is 3.13. The molecule has 0 fully saturated rings. The molecular formula is C45H53F3N10O9. The van der Waals surface area contributed by atoms with E-state index in [0.29, 0.717) is 50.6 Å². The van der Waals surface area contributed by atoms with Crippen LogP contribution in [0.4, 0.5) is 34.1 Å². The molecule has 5 aromatic heterocycles. The van der Waals surface area contributed by atoms with Gasteiger partial charge in [-0.15, -0.1) is 0 Å². The molecule has 8 N–H and O–H groups in total. The number of fused-ring (bicyclic) bond motifs is 2. The zero-order chi connectivity index (χ0) is 50.1. The molecule has 0 atom stereocenters. The lowest BCUT2D eigenvalue weighted by atomic mass is 9.95. The SMILES string of the molecule is Cc1cc2c(c(=O)n1CC(=O)O)NC(=O)OC2(C)C.Cc1ccnc(CN)c1F.Cc1ccnc(CN)c1F.Cc1ccnc(CNC(=O)Cn2c(C)cc3c(c2=O)NC(=O)OC3(C)C)c1F. The van der Waals surface area contributed by atoms with Crippen molar-refractivity contribution in [3.8, 4) is 0 Å². The minimum Gasteiger partial charge on any atom is -0.480 e. The van der Waals surface area contributed by atoms with Crippen LogP contribution in [0.25, 0.3) is 0 Å². The molecule has 0 spiro atoms. The van der Waals surface area contributed by atoms with Gasteiger partial charge in [-0.2, -0.15) is 0 Å². The number of aryl methyl sites for hydroxylation is 5. The molecule has 7 rings (SSSR count). The van der Waals surface area contributed by atoms with Gasteiger partial charge in [0.05, 0.1) is 23.6 Å². The summed E-state index contributed by atoms with van der Waals surface area (Å²) in [6.45, 7) is 14.5. The molecule has 22 heteroatoms. The third kappa shape index (κ3) is 12.7. The fourth-order valence-corrected chi connectivity index (χ4v) is 6.67. The van der Waals surface area contributed by atoms with Gasteiger partial charge in [-0.25, -0.2) is 22.8 Å². The Labute approximate surface area is 382 Å². The second-order valence-electron chi connectivity index (χ2n) is 16.2. The molecule has 0 unspecified atom stereocenters. The van der Waals surface area contributed by atoms with E-state index in [1.165, 1.54) is 16.8 Å². The first kappa shape index (κ1) is 52.2. The number of nitrogens with two attached hydrogens (primary N) is 2. The van der Waals surface area contributed by atoms with Crippen molar-refractivity contribution in [2.45, 2.75) is 106 Å². The number of pyridine rings is 5. The molecule has 5 aromatic rings. The summed E-state index contributed by atoms with van der Waals surface area (Å²) in [4.78, 5) is 82.7. The Morgan fingerprint density at radius 1 is 0.657 bits per heavy atom. The van der Waals surface area contributed by atoms with Gasteiger partial charge in [-0.3, -0.25) is 49.3 Å². The van der Waals surface area contributed by atoms with Gasteiger partial charge < -0.3 is 35.9 Å². The highest BCUT2D eigenvalue weighted by atomic mass is 19.1. The molecule has 358 valence electrons. The number of carboxylic acid groups (broad SMARTS) is 1. The largest absolute Gasteiger partial charge is 0.480 e. The number of aliphatic carboxylic acids is 1. The topological polar surface area (TPSA) is 278 Å². The standard InChI is InChI=1S/C19H21FN4O4.C12H14N2O5.2C7H9FN2/c1-10-5-6-21-13(15(10)20)8-22-14(25)9-24-11(2)7-12-16(17(24)26)23-18(27)28-19(12,3)4;1-6-4-7-9(10(17)14(6)5-8(15)16)13-11(18)19-12(7,2)3;2*1-5-2-3-10-6(4-9)7(5)8/h5-7H,8-9H2,1-4H3,(H,22,25)(H,23,27);4H,5H2,1-3H3,(H,13,18)(H,15,16);2*2-3H,4,9H2,1H3. The Morgan fingerprint density at radius 3 is 1.37 bits per heavy atom. The van der Waals surface area contributed by atoms with E-state index in [2.05, 4.69) is 30.9 Å². The third-order valence-electron chi connectivity index (χ3n) is 10.4. The Bertz CT molecular complexity index is 2780. The first-order valence-corrected chi connectivity index (χ1v) is 20.5. The number of carbonyl (C=O) groups is 4. The maximum atomic E-state index is 14.0. The number of nitrogens with one attached hydrogen (secondary N) is 3. The van der Waals surface area contributed by atoms with E-state index in [-0.39, 0.29) is 54.9 Å². The maximum Gasteiger partial charge on any atom is 0.412 e. The van der Waals surface area contributed by atoms with Gasteiger partial charge in [0.15, 0.2) is 0 Å². The highest BCUT2D eigenvalue weighted by Gasteiger charge is 2.37. The highest BCUT2D eigenvalue weighted by Crippen LogP contribution is 2.35. The first-order valence-electron chi connectivity index (χ1n) is 20.5. The molecular weight excluding hydrogens is 882 g/mol. The molecule has 3 amide bonds. The summed E-state index contributed by atoms with van der Waals surface area (Å²) in [5, 5.41) is 16.1. The summed E-state index contributed by atoms with van der Waals surface area (Å²) in [6, 6.07) is 8.13. The predicted molar refractivity (Wildman–Crippen MR) is 239 cm³/mol. The van der Waals surface area contributed by atoms with Gasteiger partial charge in [-0.1, -0.05) is 0 Å². The number of cyclic esters (lactones) is 2. The van der Waals surface area contributed by atoms with Crippen molar-refractivity contribution >= 4 is 35.4 Å². The van der Waals surface area contributed by atoms with E-state index < -0.39 is 58.7 Å². The molecule has 0 radical (unpaired) electrons. The number of nitrogens with zero attached hydrogens (tertiary/aromatic N) is 5. The van der Waals surface area contributed by atoms with Gasteiger partial charge in [0.2, 0.25) is 5.91 Å². The lowest BCUT2D eigenvalue weighted by molar-refractivity contribution is -0.137.